The van der Waals surface area contributed by atoms with Gasteiger partial charge >= 0.3 is 0 Å². The predicted octanol–water partition coefficient (Wildman–Crippen LogP) is 3.01. The molecule has 0 aliphatic rings. The molecule has 0 rings (SSSR count). The summed E-state index contributed by atoms with van der Waals surface area (Å²) in [5, 5.41) is 3.20. The van der Waals surface area contributed by atoms with E-state index in [0.29, 0.717) is 5.41 Å². The average molecular weight is 192 g/mol. The molecule has 2 heteroatoms. The van der Waals surface area contributed by atoms with E-state index in [2.05, 4.69) is 39.1 Å². The van der Waals surface area contributed by atoms with Crippen molar-refractivity contribution in [1.29, 1.82) is 0 Å². The van der Waals surface area contributed by atoms with Crippen molar-refractivity contribution < 1.29 is 0 Å². The minimum Gasteiger partial charge on any atom is -0.319 e. The van der Waals surface area contributed by atoms with Crippen LogP contribution in [-0.4, -0.2) is 13.6 Å². The van der Waals surface area contributed by atoms with E-state index in [1.54, 1.807) is 0 Å². The Morgan fingerprint density at radius 2 is 1.83 bits per heavy atom. The average Bonchev–Trinajstić information content (AvgIpc) is 1.84. The summed E-state index contributed by atoms with van der Waals surface area (Å²) < 4.78 is 0. The monoisotopic (exact) mass is 191 g/mol. The second-order valence-corrected chi connectivity index (χ2v) is 4.18. The molecule has 0 amide bonds. The number of hydrogen-bond donors (Lipinski definition) is 1. The van der Waals surface area contributed by atoms with Gasteiger partial charge in [0.2, 0.25) is 0 Å². The lowest BCUT2D eigenvalue weighted by molar-refractivity contribution is 0.356. The second kappa shape index (κ2) is 6.50. The van der Waals surface area contributed by atoms with Crippen molar-refractivity contribution in [3.63, 3.8) is 0 Å². The van der Waals surface area contributed by atoms with Crippen molar-refractivity contribution in [1.82, 2.24) is 5.32 Å². The van der Waals surface area contributed by atoms with E-state index in [1.165, 1.54) is 5.57 Å². The number of halogens is 1. The molecule has 0 radical (unpaired) electrons. The molecule has 0 saturated heterocycles. The fourth-order valence-electron chi connectivity index (χ4n) is 1.03. The van der Waals surface area contributed by atoms with Gasteiger partial charge in [0.1, 0.15) is 0 Å². The smallest absolute Gasteiger partial charge is 0.000248 e. The highest BCUT2D eigenvalue weighted by Crippen LogP contribution is 2.20. The molecule has 0 bridgehead atoms. The summed E-state index contributed by atoms with van der Waals surface area (Å²) in [6.07, 6.45) is 3.47. The fourth-order valence-corrected chi connectivity index (χ4v) is 1.03. The third kappa shape index (κ3) is 8.09. The van der Waals surface area contributed by atoms with Crippen LogP contribution >= 0.6 is 12.4 Å². The molecule has 74 valence electrons. The molecule has 0 unspecified atom stereocenters. The summed E-state index contributed by atoms with van der Waals surface area (Å²) in [5.41, 5.74) is 1.81. The van der Waals surface area contributed by atoms with Gasteiger partial charge in [-0.2, -0.15) is 0 Å². The first-order valence-electron chi connectivity index (χ1n) is 4.26. The Bertz CT molecular complexity index is 135. The van der Waals surface area contributed by atoms with E-state index in [1.807, 2.05) is 7.05 Å². The van der Waals surface area contributed by atoms with Gasteiger partial charge in [0, 0.05) is 6.54 Å². The first-order valence-corrected chi connectivity index (χ1v) is 4.26. The zero-order valence-corrected chi connectivity index (χ0v) is 9.72. The molecule has 0 atom stereocenters. The molecule has 0 aromatic heterocycles. The summed E-state index contributed by atoms with van der Waals surface area (Å²) in [4.78, 5) is 0. The van der Waals surface area contributed by atoms with Gasteiger partial charge < -0.3 is 5.32 Å². The highest BCUT2D eigenvalue weighted by atomic mass is 35.5. The Kier molecular flexibility index (Phi) is 7.86. The number of hydrogen-bond acceptors (Lipinski definition) is 1. The highest BCUT2D eigenvalue weighted by Gasteiger charge is 2.13. The standard InChI is InChI=1S/C10H21N.ClH/c1-9(2)6-7-10(3,4)8-11-5;/h6,11H,7-8H2,1-5H3;1H. The molecule has 12 heavy (non-hydrogen) atoms. The van der Waals surface area contributed by atoms with Crippen LogP contribution in [0, 0.1) is 5.41 Å². The molecular weight excluding hydrogens is 170 g/mol. The normalized spacial score (nSPS) is 10.4. The van der Waals surface area contributed by atoms with E-state index in [-0.39, 0.29) is 12.4 Å². The van der Waals surface area contributed by atoms with Crippen LogP contribution < -0.4 is 5.32 Å². The lowest BCUT2D eigenvalue weighted by atomic mass is 9.88. The molecular formula is C10H22ClN. The Labute approximate surface area is 83.0 Å². The molecule has 0 saturated carbocycles. The number of allylic oxidation sites excluding steroid dienone is 2. The molecule has 0 fully saturated rings. The largest absolute Gasteiger partial charge is 0.319 e. The molecule has 0 heterocycles. The summed E-state index contributed by atoms with van der Waals surface area (Å²) >= 11 is 0. The Morgan fingerprint density at radius 1 is 1.33 bits per heavy atom. The summed E-state index contributed by atoms with van der Waals surface area (Å²) in [7, 11) is 2.00. The first kappa shape index (κ1) is 14.5. The molecule has 0 aliphatic carbocycles. The summed E-state index contributed by atoms with van der Waals surface area (Å²) in [6, 6.07) is 0. The maximum absolute atomic E-state index is 3.20. The zero-order valence-electron chi connectivity index (χ0n) is 8.90. The lowest BCUT2D eigenvalue weighted by Crippen LogP contribution is -2.25. The van der Waals surface area contributed by atoms with Gasteiger partial charge in [-0.25, -0.2) is 0 Å². The fraction of sp³-hybridized carbons (Fsp3) is 0.800. The number of nitrogens with one attached hydrogen (secondary N) is 1. The molecule has 1 nitrogen and oxygen atoms in total. The molecule has 0 aliphatic heterocycles. The predicted molar refractivity (Wildman–Crippen MR) is 59.0 cm³/mol. The van der Waals surface area contributed by atoms with Gasteiger partial charge in [-0.3, -0.25) is 0 Å². The van der Waals surface area contributed by atoms with Gasteiger partial charge in [-0.1, -0.05) is 25.5 Å². The first-order chi connectivity index (χ1) is 4.98. The van der Waals surface area contributed by atoms with Crippen LogP contribution in [0.5, 0.6) is 0 Å². The molecule has 0 spiro atoms. The third-order valence-corrected chi connectivity index (χ3v) is 1.72. The third-order valence-electron chi connectivity index (χ3n) is 1.72. The van der Waals surface area contributed by atoms with Gasteiger partial charge in [0.05, 0.1) is 0 Å². The second-order valence-electron chi connectivity index (χ2n) is 4.18. The van der Waals surface area contributed by atoms with E-state index < -0.39 is 0 Å². The van der Waals surface area contributed by atoms with Crippen molar-refractivity contribution in [3.05, 3.63) is 11.6 Å². The zero-order chi connectivity index (χ0) is 8.91. The maximum atomic E-state index is 3.20. The van der Waals surface area contributed by atoms with E-state index in [9.17, 15) is 0 Å². The Balaban J connectivity index is 0. The minimum atomic E-state index is 0. The van der Waals surface area contributed by atoms with Gasteiger partial charge in [0.15, 0.2) is 0 Å². The minimum absolute atomic E-state index is 0. The van der Waals surface area contributed by atoms with Crippen molar-refractivity contribution in [2.24, 2.45) is 5.41 Å². The maximum Gasteiger partial charge on any atom is 0.000248 e. The van der Waals surface area contributed by atoms with Crippen LogP contribution in [-0.2, 0) is 0 Å². The van der Waals surface area contributed by atoms with Crippen LogP contribution in [0.15, 0.2) is 11.6 Å². The van der Waals surface area contributed by atoms with Crippen LogP contribution in [0.4, 0.5) is 0 Å². The van der Waals surface area contributed by atoms with Crippen LogP contribution in [0.3, 0.4) is 0 Å². The quantitative estimate of drug-likeness (QED) is 0.674. The van der Waals surface area contributed by atoms with Crippen molar-refractivity contribution >= 4 is 12.4 Å². The summed E-state index contributed by atoms with van der Waals surface area (Å²) in [6.45, 7) is 9.94. The van der Waals surface area contributed by atoms with E-state index >= 15 is 0 Å². The number of rotatable bonds is 4. The van der Waals surface area contributed by atoms with Crippen LogP contribution in [0.25, 0.3) is 0 Å². The van der Waals surface area contributed by atoms with Crippen molar-refractivity contribution in [2.75, 3.05) is 13.6 Å². The van der Waals surface area contributed by atoms with Gasteiger partial charge in [0.25, 0.3) is 0 Å². The molecule has 1 N–H and O–H groups in total. The van der Waals surface area contributed by atoms with Crippen molar-refractivity contribution in [3.8, 4) is 0 Å². The van der Waals surface area contributed by atoms with E-state index in [0.717, 1.165) is 13.0 Å². The van der Waals surface area contributed by atoms with Gasteiger partial charge in [-0.05, 0) is 32.7 Å². The topological polar surface area (TPSA) is 12.0 Å². The van der Waals surface area contributed by atoms with E-state index in [4.69, 9.17) is 0 Å². The van der Waals surface area contributed by atoms with Gasteiger partial charge in [-0.15, -0.1) is 12.4 Å². The van der Waals surface area contributed by atoms with Crippen molar-refractivity contribution in [2.45, 2.75) is 34.1 Å². The lowest BCUT2D eigenvalue weighted by Gasteiger charge is -2.22. The Hall–Kier alpha value is -0.0100. The highest BCUT2D eigenvalue weighted by molar-refractivity contribution is 5.85. The van der Waals surface area contributed by atoms with Crippen LogP contribution in [0.1, 0.15) is 34.1 Å². The summed E-state index contributed by atoms with van der Waals surface area (Å²) in [5.74, 6) is 0. The Morgan fingerprint density at radius 3 is 2.17 bits per heavy atom. The van der Waals surface area contributed by atoms with Crippen LogP contribution in [0.2, 0.25) is 0 Å². The SMILES string of the molecule is CNCC(C)(C)CC=C(C)C.Cl. The molecule has 0 aromatic rings. The molecule has 0 aromatic carbocycles.